The molecule has 15 heavy (non-hydrogen) atoms. The second-order valence-corrected chi connectivity index (χ2v) is 3.13. The fraction of sp³-hybridized carbons (Fsp3) is 0.778. The molecule has 1 fully saturated rings. The van der Waals surface area contributed by atoms with Gasteiger partial charge >= 0.3 is 5.97 Å². The summed E-state index contributed by atoms with van der Waals surface area (Å²) in [7, 11) is 2.72. The zero-order chi connectivity index (χ0) is 11.3. The summed E-state index contributed by atoms with van der Waals surface area (Å²) >= 11 is 0. The zero-order valence-electron chi connectivity index (χ0n) is 8.89. The first-order chi connectivity index (χ1) is 7.20. The van der Waals surface area contributed by atoms with Crippen LogP contribution in [-0.2, 0) is 23.8 Å². The lowest BCUT2D eigenvalue weighted by Gasteiger charge is -2.33. The molecule has 6 heteroatoms. The molecule has 0 aromatic heterocycles. The predicted molar refractivity (Wildman–Crippen MR) is 50.2 cm³/mol. The lowest BCUT2D eigenvalue weighted by atomic mass is 10.2. The molecule has 1 rings (SSSR count). The summed E-state index contributed by atoms with van der Waals surface area (Å²) in [6, 6.07) is -0.647. The molecular weight excluding hydrogens is 202 g/mol. The van der Waals surface area contributed by atoms with Gasteiger partial charge in [-0.05, 0) is 0 Å². The Hall–Kier alpha value is -1.14. The first kappa shape index (κ1) is 11.9. The highest BCUT2D eigenvalue weighted by molar-refractivity contribution is 5.85. The smallest absolute Gasteiger partial charge is 0.331 e. The topological polar surface area (TPSA) is 65.1 Å². The minimum absolute atomic E-state index is 0.0342. The molecule has 0 saturated carbocycles. The number of ether oxygens (including phenoxy) is 3. The molecule has 6 nitrogen and oxygen atoms in total. The number of carbonyl (C=O) groups is 2. The quantitative estimate of drug-likeness (QED) is 0.569. The van der Waals surface area contributed by atoms with E-state index in [0.29, 0.717) is 13.2 Å². The maximum atomic E-state index is 11.6. The van der Waals surface area contributed by atoms with Crippen molar-refractivity contribution in [2.24, 2.45) is 0 Å². The van der Waals surface area contributed by atoms with Crippen molar-refractivity contribution in [3.63, 3.8) is 0 Å². The van der Waals surface area contributed by atoms with E-state index in [0.717, 1.165) is 0 Å². The van der Waals surface area contributed by atoms with E-state index < -0.39 is 12.0 Å². The van der Waals surface area contributed by atoms with Crippen LogP contribution < -0.4 is 0 Å². The summed E-state index contributed by atoms with van der Waals surface area (Å²) in [6.45, 7) is 0.973. The first-order valence-electron chi connectivity index (χ1n) is 4.64. The highest BCUT2D eigenvalue weighted by Crippen LogP contribution is 2.08. The van der Waals surface area contributed by atoms with Crippen molar-refractivity contribution in [1.82, 2.24) is 4.90 Å². The van der Waals surface area contributed by atoms with Crippen molar-refractivity contribution in [3.8, 4) is 0 Å². The molecule has 1 saturated heterocycles. The highest BCUT2D eigenvalue weighted by atomic mass is 16.5. The number of hydrogen-bond acceptors (Lipinski definition) is 5. The zero-order valence-corrected chi connectivity index (χ0v) is 8.89. The lowest BCUT2D eigenvalue weighted by Crippen LogP contribution is -2.53. The van der Waals surface area contributed by atoms with Crippen LogP contribution in [0.5, 0.6) is 0 Å². The number of amides is 1. The molecule has 0 spiro atoms. The highest BCUT2D eigenvalue weighted by Gasteiger charge is 2.33. The van der Waals surface area contributed by atoms with Gasteiger partial charge in [-0.2, -0.15) is 0 Å². The Morgan fingerprint density at radius 1 is 1.47 bits per heavy atom. The predicted octanol–water partition coefficient (Wildman–Crippen LogP) is -0.967. The molecule has 0 bridgehead atoms. The third-order valence-corrected chi connectivity index (χ3v) is 2.19. The summed E-state index contributed by atoms with van der Waals surface area (Å²) in [6.07, 6.45) is 0. The number of carbonyl (C=O) groups excluding carboxylic acids is 2. The van der Waals surface area contributed by atoms with Gasteiger partial charge in [-0.3, -0.25) is 4.79 Å². The Bertz CT molecular complexity index is 243. The summed E-state index contributed by atoms with van der Waals surface area (Å²) in [4.78, 5) is 24.3. The average molecular weight is 217 g/mol. The van der Waals surface area contributed by atoms with Gasteiger partial charge in [-0.25, -0.2) is 4.79 Å². The van der Waals surface area contributed by atoms with Crippen LogP contribution in [-0.4, -0.2) is 63.4 Å². The molecule has 1 unspecified atom stereocenters. The fourth-order valence-electron chi connectivity index (χ4n) is 1.44. The maximum Gasteiger partial charge on any atom is 0.331 e. The second-order valence-electron chi connectivity index (χ2n) is 3.13. The van der Waals surface area contributed by atoms with Crippen molar-refractivity contribution in [1.29, 1.82) is 0 Å². The molecule has 0 radical (unpaired) electrons. The summed E-state index contributed by atoms with van der Waals surface area (Å²) in [5.41, 5.74) is 0. The van der Waals surface area contributed by atoms with Gasteiger partial charge in [-0.15, -0.1) is 0 Å². The van der Waals surface area contributed by atoms with Crippen molar-refractivity contribution in [2.75, 3.05) is 40.6 Å². The van der Waals surface area contributed by atoms with Crippen LogP contribution in [0.25, 0.3) is 0 Å². The molecule has 1 heterocycles. The molecule has 0 aromatic carbocycles. The van der Waals surface area contributed by atoms with Gasteiger partial charge in [0.1, 0.15) is 6.61 Å². The van der Waals surface area contributed by atoms with Crippen LogP contribution in [0.3, 0.4) is 0 Å². The van der Waals surface area contributed by atoms with Crippen LogP contribution in [0.15, 0.2) is 0 Å². The van der Waals surface area contributed by atoms with E-state index in [1.807, 2.05) is 0 Å². The minimum Gasteiger partial charge on any atom is -0.467 e. The summed E-state index contributed by atoms with van der Waals surface area (Å²) in [5, 5.41) is 0. The molecule has 1 amide bonds. The number of nitrogens with zero attached hydrogens (tertiary/aromatic N) is 1. The molecule has 1 aliphatic rings. The Kier molecular flexibility index (Phi) is 4.51. The first-order valence-corrected chi connectivity index (χ1v) is 4.64. The summed E-state index contributed by atoms with van der Waals surface area (Å²) in [5.74, 6) is -0.685. The number of hydrogen-bond donors (Lipinski definition) is 0. The second kappa shape index (κ2) is 5.67. The van der Waals surface area contributed by atoms with Crippen LogP contribution in [0, 0.1) is 0 Å². The number of methoxy groups -OCH3 is 2. The van der Waals surface area contributed by atoms with Crippen molar-refractivity contribution >= 4 is 11.9 Å². The minimum atomic E-state index is -0.647. The lowest BCUT2D eigenvalue weighted by molar-refractivity contribution is -0.162. The molecule has 1 aliphatic heterocycles. The molecule has 86 valence electrons. The Morgan fingerprint density at radius 2 is 2.20 bits per heavy atom. The van der Waals surface area contributed by atoms with E-state index in [1.54, 1.807) is 0 Å². The van der Waals surface area contributed by atoms with E-state index in [2.05, 4.69) is 4.74 Å². The van der Waals surface area contributed by atoms with Gasteiger partial charge in [0.05, 0.1) is 20.3 Å². The SMILES string of the molecule is COCC(=O)N1CCOCC1C(=O)OC. The molecule has 1 atom stereocenters. The number of esters is 1. The largest absolute Gasteiger partial charge is 0.467 e. The maximum absolute atomic E-state index is 11.6. The van der Waals surface area contributed by atoms with Gasteiger partial charge in [0, 0.05) is 13.7 Å². The number of morpholine rings is 1. The normalized spacial score (nSPS) is 21.2. The van der Waals surface area contributed by atoms with E-state index in [1.165, 1.54) is 19.1 Å². The van der Waals surface area contributed by atoms with Gasteiger partial charge in [0.25, 0.3) is 0 Å². The van der Waals surface area contributed by atoms with Crippen LogP contribution >= 0.6 is 0 Å². The van der Waals surface area contributed by atoms with E-state index in [9.17, 15) is 9.59 Å². The standard InChI is InChI=1S/C9H15NO5/c1-13-6-8(11)10-3-4-15-5-7(10)9(12)14-2/h7H,3-6H2,1-2H3. The van der Waals surface area contributed by atoms with Gasteiger partial charge in [0.15, 0.2) is 6.04 Å². The molecule has 0 N–H and O–H groups in total. The van der Waals surface area contributed by atoms with Crippen molar-refractivity contribution in [2.45, 2.75) is 6.04 Å². The Morgan fingerprint density at radius 3 is 2.80 bits per heavy atom. The van der Waals surface area contributed by atoms with E-state index in [4.69, 9.17) is 9.47 Å². The van der Waals surface area contributed by atoms with Gasteiger partial charge < -0.3 is 19.1 Å². The molecule has 0 aliphatic carbocycles. The molecular formula is C9H15NO5. The Labute approximate surface area is 88.1 Å². The summed E-state index contributed by atoms with van der Waals surface area (Å²) < 4.78 is 14.5. The molecule has 0 aromatic rings. The Balaban J connectivity index is 2.65. The van der Waals surface area contributed by atoms with E-state index in [-0.39, 0.29) is 19.1 Å². The fourth-order valence-corrected chi connectivity index (χ4v) is 1.44. The van der Waals surface area contributed by atoms with Crippen molar-refractivity contribution < 1.29 is 23.8 Å². The number of rotatable bonds is 3. The van der Waals surface area contributed by atoms with Crippen LogP contribution in [0.4, 0.5) is 0 Å². The van der Waals surface area contributed by atoms with Crippen LogP contribution in [0.1, 0.15) is 0 Å². The third-order valence-electron chi connectivity index (χ3n) is 2.19. The van der Waals surface area contributed by atoms with Crippen LogP contribution in [0.2, 0.25) is 0 Å². The van der Waals surface area contributed by atoms with Gasteiger partial charge in [-0.1, -0.05) is 0 Å². The van der Waals surface area contributed by atoms with Crippen molar-refractivity contribution in [3.05, 3.63) is 0 Å². The van der Waals surface area contributed by atoms with Gasteiger partial charge in [0.2, 0.25) is 5.91 Å². The monoisotopic (exact) mass is 217 g/mol. The third kappa shape index (κ3) is 2.90. The van der Waals surface area contributed by atoms with E-state index >= 15 is 0 Å². The average Bonchev–Trinajstić information content (AvgIpc) is 2.28.